The number of rotatable bonds is 4. The van der Waals surface area contributed by atoms with Gasteiger partial charge in [0.1, 0.15) is 0 Å². The van der Waals surface area contributed by atoms with Crippen molar-refractivity contribution in [2.75, 3.05) is 24.9 Å². The SMILES string of the molecule is COc1ccc(NC(=S)Nc2ccc3ccccc3c2)cc1OC. The number of anilines is 2. The summed E-state index contributed by atoms with van der Waals surface area (Å²) in [5.41, 5.74) is 1.76. The van der Waals surface area contributed by atoms with E-state index in [-0.39, 0.29) is 0 Å². The first-order valence-electron chi connectivity index (χ1n) is 7.48. The lowest BCUT2D eigenvalue weighted by atomic mass is 10.1. The minimum Gasteiger partial charge on any atom is -0.493 e. The molecule has 24 heavy (non-hydrogen) atoms. The molecule has 3 aromatic carbocycles. The summed E-state index contributed by atoms with van der Waals surface area (Å²) in [6.07, 6.45) is 0. The second-order valence-corrected chi connectivity index (χ2v) is 5.62. The summed E-state index contributed by atoms with van der Waals surface area (Å²) in [4.78, 5) is 0. The van der Waals surface area contributed by atoms with Gasteiger partial charge in [-0.1, -0.05) is 30.3 Å². The second-order valence-electron chi connectivity index (χ2n) is 5.21. The third-order valence-corrected chi connectivity index (χ3v) is 3.85. The van der Waals surface area contributed by atoms with Crippen molar-refractivity contribution in [2.24, 2.45) is 0 Å². The maximum atomic E-state index is 5.39. The van der Waals surface area contributed by atoms with E-state index in [2.05, 4.69) is 34.9 Å². The van der Waals surface area contributed by atoms with Crippen LogP contribution >= 0.6 is 12.2 Å². The van der Waals surface area contributed by atoms with Crippen LogP contribution in [0.5, 0.6) is 11.5 Å². The molecule has 0 bridgehead atoms. The molecule has 122 valence electrons. The van der Waals surface area contributed by atoms with Crippen LogP contribution in [0.3, 0.4) is 0 Å². The highest BCUT2D eigenvalue weighted by molar-refractivity contribution is 7.80. The van der Waals surface area contributed by atoms with Gasteiger partial charge in [-0.15, -0.1) is 0 Å². The molecular formula is C19H18N2O2S. The monoisotopic (exact) mass is 338 g/mol. The van der Waals surface area contributed by atoms with Crippen molar-refractivity contribution in [3.05, 3.63) is 60.7 Å². The summed E-state index contributed by atoms with van der Waals surface area (Å²) in [5, 5.41) is 9.22. The minimum atomic E-state index is 0.512. The van der Waals surface area contributed by atoms with Crippen LogP contribution in [0.2, 0.25) is 0 Å². The Morgan fingerprint density at radius 3 is 2.08 bits per heavy atom. The molecule has 0 saturated heterocycles. The fourth-order valence-electron chi connectivity index (χ4n) is 2.47. The lowest BCUT2D eigenvalue weighted by molar-refractivity contribution is 0.355. The average molecular weight is 338 g/mol. The quantitative estimate of drug-likeness (QED) is 0.677. The van der Waals surface area contributed by atoms with Gasteiger partial charge in [0, 0.05) is 17.4 Å². The summed E-state index contributed by atoms with van der Waals surface area (Å²) in [5.74, 6) is 1.33. The van der Waals surface area contributed by atoms with Gasteiger partial charge >= 0.3 is 0 Å². The smallest absolute Gasteiger partial charge is 0.175 e. The zero-order chi connectivity index (χ0) is 16.9. The number of thiocarbonyl (C=S) groups is 1. The zero-order valence-electron chi connectivity index (χ0n) is 13.5. The Labute approximate surface area is 146 Å². The van der Waals surface area contributed by atoms with Crippen LogP contribution in [0.1, 0.15) is 0 Å². The van der Waals surface area contributed by atoms with E-state index in [0.717, 1.165) is 16.8 Å². The zero-order valence-corrected chi connectivity index (χ0v) is 14.3. The van der Waals surface area contributed by atoms with E-state index >= 15 is 0 Å². The number of benzene rings is 3. The maximum absolute atomic E-state index is 5.39. The van der Waals surface area contributed by atoms with Gasteiger partial charge in [-0.05, 0) is 47.3 Å². The van der Waals surface area contributed by atoms with Gasteiger partial charge in [0.25, 0.3) is 0 Å². The van der Waals surface area contributed by atoms with Crippen molar-refractivity contribution in [3.8, 4) is 11.5 Å². The number of fused-ring (bicyclic) bond motifs is 1. The summed E-state index contributed by atoms with van der Waals surface area (Å²) < 4.78 is 10.5. The highest BCUT2D eigenvalue weighted by atomic mass is 32.1. The Morgan fingerprint density at radius 1 is 0.750 bits per heavy atom. The van der Waals surface area contributed by atoms with Crippen molar-refractivity contribution in [3.63, 3.8) is 0 Å². The van der Waals surface area contributed by atoms with Gasteiger partial charge in [-0.25, -0.2) is 0 Å². The van der Waals surface area contributed by atoms with E-state index in [9.17, 15) is 0 Å². The molecule has 0 aromatic heterocycles. The molecule has 0 saturated carbocycles. The predicted molar refractivity (Wildman–Crippen MR) is 103 cm³/mol. The minimum absolute atomic E-state index is 0.512. The van der Waals surface area contributed by atoms with Crippen LogP contribution in [-0.2, 0) is 0 Å². The van der Waals surface area contributed by atoms with Crippen molar-refractivity contribution in [2.45, 2.75) is 0 Å². The first-order valence-corrected chi connectivity index (χ1v) is 7.89. The van der Waals surface area contributed by atoms with Gasteiger partial charge in [0.15, 0.2) is 16.6 Å². The van der Waals surface area contributed by atoms with Gasteiger partial charge in [0.2, 0.25) is 0 Å². The molecule has 3 rings (SSSR count). The van der Waals surface area contributed by atoms with Gasteiger partial charge in [0.05, 0.1) is 14.2 Å². The highest BCUT2D eigenvalue weighted by Gasteiger charge is 2.06. The Morgan fingerprint density at radius 2 is 1.38 bits per heavy atom. The normalized spacial score (nSPS) is 10.2. The van der Waals surface area contributed by atoms with E-state index in [1.807, 2.05) is 36.4 Å². The van der Waals surface area contributed by atoms with Crippen LogP contribution in [0.25, 0.3) is 10.8 Å². The molecule has 0 heterocycles. The van der Waals surface area contributed by atoms with E-state index in [4.69, 9.17) is 21.7 Å². The molecule has 0 aliphatic carbocycles. The fraction of sp³-hybridized carbons (Fsp3) is 0.105. The Hall–Kier alpha value is -2.79. The van der Waals surface area contributed by atoms with Crippen molar-refractivity contribution in [1.82, 2.24) is 0 Å². The molecule has 0 aliphatic heterocycles. The lowest BCUT2D eigenvalue weighted by Gasteiger charge is -2.13. The summed E-state index contributed by atoms with van der Waals surface area (Å²) in [6.45, 7) is 0. The Kier molecular flexibility index (Phi) is 4.82. The maximum Gasteiger partial charge on any atom is 0.175 e. The van der Waals surface area contributed by atoms with Crippen LogP contribution in [0.4, 0.5) is 11.4 Å². The van der Waals surface area contributed by atoms with E-state index in [1.165, 1.54) is 5.39 Å². The van der Waals surface area contributed by atoms with Crippen LogP contribution < -0.4 is 20.1 Å². The number of nitrogens with one attached hydrogen (secondary N) is 2. The van der Waals surface area contributed by atoms with Crippen molar-refractivity contribution >= 4 is 39.5 Å². The predicted octanol–water partition coefficient (Wildman–Crippen LogP) is 4.67. The Balaban J connectivity index is 1.72. The molecule has 0 unspecified atom stereocenters. The second kappa shape index (κ2) is 7.19. The third kappa shape index (κ3) is 3.58. The Bertz CT molecular complexity index is 880. The molecular weight excluding hydrogens is 320 g/mol. The first kappa shape index (κ1) is 16.1. The first-order chi connectivity index (χ1) is 11.7. The standard InChI is InChI=1S/C19H18N2O2S/c1-22-17-10-9-16(12-18(17)23-2)21-19(24)20-15-8-7-13-5-3-4-6-14(13)11-15/h3-12H,1-2H3,(H2,20,21,24). The fourth-order valence-corrected chi connectivity index (χ4v) is 2.71. The molecule has 0 radical (unpaired) electrons. The molecule has 0 fully saturated rings. The van der Waals surface area contributed by atoms with Gasteiger partial charge in [-0.3, -0.25) is 0 Å². The van der Waals surface area contributed by atoms with Crippen molar-refractivity contribution < 1.29 is 9.47 Å². The molecule has 5 heteroatoms. The van der Waals surface area contributed by atoms with Gasteiger partial charge in [-0.2, -0.15) is 0 Å². The van der Waals surface area contributed by atoms with E-state index in [0.29, 0.717) is 16.6 Å². The lowest BCUT2D eigenvalue weighted by Crippen LogP contribution is -2.19. The van der Waals surface area contributed by atoms with Crippen LogP contribution in [-0.4, -0.2) is 19.3 Å². The van der Waals surface area contributed by atoms with Gasteiger partial charge < -0.3 is 20.1 Å². The molecule has 4 nitrogen and oxygen atoms in total. The average Bonchev–Trinajstić information content (AvgIpc) is 2.61. The number of hydrogen-bond donors (Lipinski definition) is 2. The van der Waals surface area contributed by atoms with Crippen molar-refractivity contribution in [1.29, 1.82) is 0 Å². The molecule has 2 N–H and O–H groups in total. The topological polar surface area (TPSA) is 42.5 Å². The summed E-state index contributed by atoms with van der Waals surface area (Å²) >= 11 is 5.39. The largest absolute Gasteiger partial charge is 0.493 e. The molecule has 0 amide bonds. The number of hydrogen-bond acceptors (Lipinski definition) is 3. The highest BCUT2D eigenvalue weighted by Crippen LogP contribution is 2.29. The summed E-state index contributed by atoms with van der Waals surface area (Å²) in [6, 6.07) is 19.9. The molecule has 0 atom stereocenters. The number of ether oxygens (including phenoxy) is 2. The molecule has 0 spiro atoms. The van der Waals surface area contributed by atoms with Crippen LogP contribution in [0, 0.1) is 0 Å². The third-order valence-electron chi connectivity index (χ3n) is 3.65. The number of methoxy groups -OCH3 is 2. The molecule has 0 aliphatic rings. The summed E-state index contributed by atoms with van der Waals surface area (Å²) in [7, 11) is 3.21. The van der Waals surface area contributed by atoms with Crippen LogP contribution in [0.15, 0.2) is 60.7 Å². The van der Waals surface area contributed by atoms with E-state index < -0.39 is 0 Å². The van der Waals surface area contributed by atoms with E-state index in [1.54, 1.807) is 14.2 Å². The molecule has 3 aromatic rings.